The van der Waals surface area contributed by atoms with Crippen LogP contribution < -0.4 is 0 Å². The third-order valence-electron chi connectivity index (χ3n) is 2.14. The molecule has 0 bridgehead atoms. The largest absolute Gasteiger partial charge is 0.390 e. The second kappa shape index (κ2) is 5.08. The minimum Gasteiger partial charge on any atom is -0.390 e. The molecule has 0 aliphatic rings. The van der Waals surface area contributed by atoms with E-state index in [2.05, 4.69) is 0 Å². The van der Waals surface area contributed by atoms with E-state index in [1.807, 2.05) is 6.92 Å². The molecule has 0 radical (unpaired) electrons. The summed E-state index contributed by atoms with van der Waals surface area (Å²) in [6, 6.07) is 5.67. The number of aliphatic hydroxyl groups is 2. The van der Waals surface area contributed by atoms with Gasteiger partial charge in [-0.2, -0.15) is 0 Å². The van der Waals surface area contributed by atoms with E-state index >= 15 is 0 Å². The monoisotopic (exact) mass is 198 g/mol. The average molecular weight is 198 g/mol. The van der Waals surface area contributed by atoms with Gasteiger partial charge in [0.15, 0.2) is 0 Å². The van der Waals surface area contributed by atoms with Crippen molar-refractivity contribution in [1.29, 1.82) is 0 Å². The topological polar surface area (TPSA) is 40.5 Å². The number of hydrogen-bond donors (Lipinski definition) is 2. The van der Waals surface area contributed by atoms with E-state index in [1.54, 1.807) is 6.07 Å². The Morgan fingerprint density at radius 2 is 2.07 bits per heavy atom. The molecule has 3 heteroatoms. The minimum atomic E-state index is -0.995. The van der Waals surface area contributed by atoms with Crippen LogP contribution in [0.2, 0.25) is 0 Å². The van der Waals surface area contributed by atoms with Gasteiger partial charge in [0.2, 0.25) is 0 Å². The molecule has 0 saturated heterocycles. The second-order valence-corrected chi connectivity index (χ2v) is 3.36. The summed E-state index contributed by atoms with van der Waals surface area (Å²) in [5.41, 5.74) is 0.422. The van der Waals surface area contributed by atoms with Crippen LogP contribution in [0.15, 0.2) is 24.3 Å². The Hall–Kier alpha value is -0.930. The summed E-state index contributed by atoms with van der Waals surface area (Å²) in [6.45, 7) is 1.92. The minimum absolute atomic E-state index is 0.398. The van der Waals surface area contributed by atoms with Crippen molar-refractivity contribution in [3.05, 3.63) is 35.6 Å². The highest BCUT2D eigenvalue weighted by atomic mass is 19.1. The SMILES string of the molecule is CCCC(O)C(O)c1cccc(F)c1. The highest BCUT2D eigenvalue weighted by Gasteiger charge is 2.17. The van der Waals surface area contributed by atoms with E-state index in [-0.39, 0.29) is 0 Å². The molecule has 14 heavy (non-hydrogen) atoms. The fraction of sp³-hybridized carbons (Fsp3) is 0.455. The van der Waals surface area contributed by atoms with Gasteiger partial charge in [0.25, 0.3) is 0 Å². The maximum atomic E-state index is 12.8. The van der Waals surface area contributed by atoms with E-state index in [0.717, 1.165) is 6.42 Å². The highest BCUT2D eigenvalue weighted by molar-refractivity contribution is 5.19. The van der Waals surface area contributed by atoms with Gasteiger partial charge < -0.3 is 10.2 Å². The smallest absolute Gasteiger partial charge is 0.123 e. The van der Waals surface area contributed by atoms with E-state index < -0.39 is 18.0 Å². The Morgan fingerprint density at radius 3 is 2.64 bits per heavy atom. The Bertz CT molecular complexity index is 288. The first-order chi connectivity index (χ1) is 6.65. The summed E-state index contributed by atoms with van der Waals surface area (Å²) in [5, 5.41) is 19.1. The Labute approximate surface area is 83.0 Å². The average Bonchev–Trinajstić information content (AvgIpc) is 2.17. The predicted octanol–water partition coefficient (Wildman–Crippen LogP) is 2.02. The lowest BCUT2D eigenvalue weighted by Gasteiger charge is -2.17. The van der Waals surface area contributed by atoms with Crippen LogP contribution in [0, 0.1) is 5.82 Å². The molecule has 0 amide bonds. The summed E-state index contributed by atoms with van der Waals surface area (Å²) >= 11 is 0. The molecular weight excluding hydrogens is 183 g/mol. The first-order valence-corrected chi connectivity index (χ1v) is 4.76. The van der Waals surface area contributed by atoms with Crippen LogP contribution in [0.3, 0.4) is 0 Å². The molecule has 2 nitrogen and oxygen atoms in total. The first-order valence-electron chi connectivity index (χ1n) is 4.76. The van der Waals surface area contributed by atoms with Crippen molar-refractivity contribution in [2.45, 2.75) is 32.0 Å². The van der Waals surface area contributed by atoms with Gasteiger partial charge in [-0.1, -0.05) is 25.5 Å². The zero-order valence-corrected chi connectivity index (χ0v) is 8.15. The van der Waals surface area contributed by atoms with Crippen molar-refractivity contribution in [3.63, 3.8) is 0 Å². The van der Waals surface area contributed by atoms with Crippen molar-refractivity contribution >= 4 is 0 Å². The lowest BCUT2D eigenvalue weighted by atomic mass is 10.0. The fourth-order valence-corrected chi connectivity index (χ4v) is 1.37. The van der Waals surface area contributed by atoms with Crippen LogP contribution in [-0.4, -0.2) is 16.3 Å². The standard InChI is InChI=1S/C11H15FO2/c1-2-4-10(13)11(14)8-5-3-6-9(12)7-8/h3,5-7,10-11,13-14H,2,4H2,1H3. The lowest BCUT2D eigenvalue weighted by Crippen LogP contribution is -2.17. The fourth-order valence-electron chi connectivity index (χ4n) is 1.37. The molecule has 2 unspecified atom stereocenters. The van der Waals surface area contributed by atoms with Crippen LogP contribution in [0.25, 0.3) is 0 Å². The third-order valence-corrected chi connectivity index (χ3v) is 2.14. The molecule has 78 valence electrons. The van der Waals surface area contributed by atoms with Gasteiger partial charge >= 0.3 is 0 Å². The Kier molecular flexibility index (Phi) is 4.04. The molecule has 2 N–H and O–H groups in total. The van der Waals surface area contributed by atoms with Crippen LogP contribution >= 0.6 is 0 Å². The summed E-state index contributed by atoms with van der Waals surface area (Å²) in [5.74, 6) is -0.398. The Balaban J connectivity index is 2.73. The highest BCUT2D eigenvalue weighted by Crippen LogP contribution is 2.20. The van der Waals surface area contributed by atoms with Crippen LogP contribution in [0.1, 0.15) is 31.4 Å². The predicted molar refractivity (Wildman–Crippen MR) is 52.3 cm³/mol. The van der Waals surface area contributed by atoms with Crippen LogP contribution in [0.5, 0.6) is 0 Å². The van der Waals surface area contributed by atoms with Crippen molar-refractivity contribution in [3.8, 4) is 0 Å². The number of aliphatic hydroxyl groups excluding tert-OH is 2. The van der Waals surface area contributed by atoms with Gasteiger partial charge in [-0.25, -0.2) is 4.39 Å². The molecular formula is C11H15FO2. The van der Waals surface area contributed by atoms with Crippen molar-refractivity contribution in [1.82, 2.24) is 0 Å². The van der Waals surface area contributed by atoms with Crippen LogP contribution in [0.4, 0.5) is 4.39 Å². The third kappa shape index (κ3) is 2.79. The molecule has 0 fully saturated rings. The van der Waals surface area contributed by atoms with E-state index in [9.17, 15) is 14.6 Å². The van der Waals surface area contributed by atoms with E-state index in [4.69, 9.17) is 0 Å². The molecule has 0 spiro atoms. The maximum absolute atomic E-state index is 12.8. The number of halogens is 1. The van der Waals surface area contributed by atoms with Crippen molar-refractivity contribution in [2.75, 3.05) is 0 Å². The molecule has 0 aromatic heterocycles. The number of rotatable bonds is 4. The summed E-state index contributed by atoms with van der Waals surface area (Å²) in [6.07, 6.45) is -0.516. The summed E-state index contributed by atoms with van der Waals surface area (Å²) < 4.78 is 12.8. The second-order valence-electron chi connectivity index (χ2n) is 3.36. The zero-order chi connectivity index (χ0) is 10.6. The zero-order valence-electron chi connectivity index (χ0n) is 8.15. The molecule has 2 atom stereocenters. The van der Waals surface area contributed by atoms with Gasteiger partial charge in [0.05, 0.1) is 6.10 Å². The van der Waals surface area contributed by atoms with Gasteiger partial charge in [-0.05, 0) is 24.1 Å². The molecule has 0 aliphatic carbocycles. The quantitative estimate of drug-likeness (QED) is 0.777. The molecule has 1 aromatic carbocycles. The van der Waals surface area contributed by atoms with Crippen LogP contribution in [-0.2, 0) is 0 Å². The Morgan fingerprint density at radius 1 is 1.36 bits per heavy atom. The maximum Gasteiger partial charge on any atom is 0.123 e. The van der Waals surface area contributed by atoms with Gasteiger partial charge in [0, 0.05) is 0 Å². The normalized spacial score (nSPS) is 15.1. The molecule has 0 aliphatic heterocycles. The molecule has 1 aromatic rings. The summed E-state index contributed by atoms with van der Waals surface area (Å²) in [4.78, 5) is 0. The first kappa shape index (κ1) is 11.1. The van der Waals surface area contributed by atoms with Gasteiger partial charge in [0.1, 0.15) is 11.9 Å². The van der Waals surface area contributed by atoms with E-state index in [0.29, 0.717) is 12.0 Å². The van der Waals surface area contributed by atoms with Crippen molar-refractivity contribution in [2.24, 2.45) is 0 Å². The van der Waals surface area contributed by atoms with Crippen molar-refractivity contribution < 1.29 is 14.6 Å². The molecule has 1 rings (SSSR count). The number of hydrogen-bond acceptors (Lipinski definition) is 2. The molecule has 0 heterocycles. The molecule has 0 saturated carbocycles. The van der Waals surface area contributed by atoms with E-state index in [1.165, 1.54) is 18.2 Å². The van der Waals surface area contributed by atoms with Gasteiger partial charge in [-0.3, -0.25) is 0 Å². The number of benzene rings is 1. The van der Waals surface area contributed by atoms with Gasteiger partial charge in [-0.15, -0.1) is 0 Å². The summed E-state index contributed by atoms with van der Waals surface area (Å²) in [7, 11) is 0. The lowest BCUT2D eigenvalue weighted by molar-refractivity contribution is 0.0129.